The number of fused-ring (bicyclic) bond motifs is 7. The average Bonchev–Trinajstić information content (AvgIpc) is 3.86. The van der Waals surface area contributed by atoms with Gasteiger partial charge in [0.25, 0.3) is 0 Å². The Kier molecular flexibility index (Phi) is 8.53. The highest BCUT2D eigenvalue weighted by molar-refractivity contribution is 6.18. The molecule has 0 amide bonds. The van der Waals surface area contributed by atoms with Gasteiger partial charge in [-0.3, -0.25) is 0 Å². The number of benzene rings is 6. The summed E-state index contributed by atoms with van der Waals surface area (Å²) in [5.74, 6) is 1.07. The molecule has 5 heteroatoms. The van der Waals surface area contributed by atoms with E-state index >= 15 is 0 Å². The van der Waals surface area contributed by atoms with Gasteiger partial charge in [0.2, 0.25) is 0 Å². The third-order valence-electron chi connectivity index (χ3n) is 12.3. The average molecular weight is 773 g/mol. The fourth-order valence-corrected chi connectivity index (χ4v) is 9.47. The molecule has 11 rings (SSSR count). The molecule has 0 saturated carbocycles. The van der Waals surface area contributed by atoms with Gasteiger partial charge in [-0.1, -0.05) is 153 Å². The molecule has 0 N–H and O–H groups in total. The van der Waals surface area contributed by atoms with Gasteiger partial charge in [0, 0.05) is 55.8 Å². The molecule has 60 heavy (non-hydrogen) atoms. The number of para-hydroxylation sites is 1. The van der Waals surface area contributed by atoms with Crippen molar-refractivity contribution in [2.24, 2.45) is 5.92 Å². The number of rotatable bonds is 6. The zero-order chi connectivity index (χ0) is 40.3. The van der Waals surface area contributed by atoms with Crippen LogP contribution in [0, 0.1) is 17.2 Å². The SMILES string of the molecule is CC1CC=CC=C1c1cc(-c2nc(-c3ccccc3)c(C#N)c(-c3ccccc3)n2)cc(-c2ccccc2)c1-n1c2c(c3c4oc5ccccc5c4ccc31)C=CCC2C. The molecule has 0 aliphatic heterocycles. The maximum Gasteiger partial charge on any atom is 0.160 e. The Hall–Kier alpha value is -7.55. The monoisotopic (exact) mass is 772 g/mol. The van der Waals surface area contributed by atoms with Crippen LogP contribution in [0.15, 0.2) is 168 Å². The Morgan fingerprint density at radius 1 is 0.650 bits per heavy atom. The Morgan fingerprint density at radius 3 is 1.97 bits per heavy atom. The number of aromatic nitrogens is 3. The standard InChI is InChI=1S/C55H40N4O/c1-34-17-12-13-25-40(34)45-32-39(55-57-50(37-21-8-4-9-22-37)46(33-56)51(58-55)38-23-10-5-11-24-38)31-44(36-19-6-3-7-20-36)53(45)59-47-30-29-42-41-26-14-15-28-48(41)60-54(42)49(47)43-27-16-18-35(2)52(43)59/h3-16,19-32,34-35H,17-18H2,1-2H3. The number of nitrogens with zero attached hydrogens (tertiary/aromatic N) is 4. The van der Waals surface area contributed by atoms with Crippen LogP contribution in [0.1, 0.15) is 55.0 Å². The van der Waals surface area contributed by atoms with Crippen LogP contribution in [-0.4, -0.2) is 14.5 Å². The van der Waals surface area contributed by atoms with Crippen molar-refractivity contribution in [2.45, 2.75) is 32.6 Å². The first-order valence-corrected chi connectivity index (χ1v) is 20.8. The van der Waals surface area contributed by atoms with E-state index in [0.29, 0.717) is 22.8 Å². The zero-order valence-corrected chi connectivity index (χ0v) is 33.4. The predicted molar refractivity (Wildman–Crippen MR) is 246 cm³/mol. The lowest BCUT2D eigenvalue weighted by atomic mass is 9.84. The van der Waals surface area contributed by atoms with E-state index in [2.05, 4.69) is 128 Å². The molecule has 0 bridgehead atoms. The number of hydrogen-bond acceptors (Lipinski definition) is 4. The summed E-state index contributed by atoms with van der Waals surface area (Å²) in [6, 6.07) is 50.6. The molecule has 0 radical (unpaired) electrons. The topological polar surface area (TPSA) is 67.6 Å². The van der Waals surface area contributed by atoms with E-state index in [1.807, 2.05) is 66.7 Å². The van der Waals surface area contributed by atoms with Crippen molar-refractivity contribution >= 4 is 44.5 Å². The lowest BCUT2D eigenvalue weighted by Gasteiger charge is -2.27. The minimum atomic E-state index is 0.245. The summed E-state index contributed by atoms with van der Waals surface area (Å²) in [4.78, 5) is 10.6. The first-order valence-electron chi connectivity index (χ1n) is 20.8. The number of furan rings is 1. The molecule has 2 atom stereocenters. The molecule has 2 aliphatic carbocycles. The molecule has 286 valence electrons. The lowest BCUT2D eigenvalue weighted by molar-refractivity contribution is 0.672. The van der Waals surface area contributed by atoms with Crippen molar-refractivity contribution < 1.29 is 4.42 Å². The minimum absolute atomic E-state index is 0.245. The van der Waals surface area contributed by atoms with E-state index < -0.39 is 0 Å². The van der Waals surface area contributed by atoms with Crippen molar-refractivity contribution in [3.05, 3.63) is 186 Å². The molecule has 0 spiro atoms. The van der Waals surface area contributed by atoms with Gasteiger partial charge in [0.1, 0.15) is 22.8 Å². The third-order valence-corrected chi connectivity index (χ3v) is 12.3. The van der Waals surface area contributed by atoms with Gasteiger partial charge in [-0.25, -0.2) is 9.97 Å². The van der Waals surface area contributed by atoms with E-state index in [0.717, 1.165) is 84.8 Å². The van der Waals surface area contributed by atoms with Crippen molar-refractivity contribution in [2.75, 3.05) is 0 Å². The van der Waals surface area contributed by atoms with Gasteiger partial charge >= 0.3 is 0 Å². The minimum Gasteiger partial charge on any atom is -0.455 e. The summed E-state index contributed by atoms with van der Waals surface area (Å²) in [5.41, 5.74) is 15.4. The van der Waals surface area contributed by atoms with E-state index in [1.54, 1.807) is 0 Å². The normalized spacial score (nSPS) is 16.0. The first kappa shape index (κ1) is 35.6. The smallest absolute Gasteiger partial charge is 0.160 e. The molecule has 9 aromatic rings. The molecule has 2 unspecified atom stereocenters. The summed E-state index contributed by atoms with van der Waals surface area (Å²) in [7, 11) is 0. The summed E-state index contributed by atoms with van der Waals surface area (Å²) in [6.45, 7) is 4.66. The van der Waals surface area contributed by atoms with Crippen LogP contribution in [0.2, 0.25) is 0 Å². The van der Waals surface area contributed by atoms with Crippen molar-refractivity contribution in [1.82, 2.24) is 14.5 Å². The van der Waals surface area contributed by atoms with Gasteiger partial charge in [0.15, 0.2) is 5.82 Å². The number of hydrogen-bond donors (Lipinski definition) is 0. The van der Waals surface area contributed by atoms with E-state index in [4.69, 9.17) is 14.4 Å². The first-order chi connectivity index (χ1) is 29.6. The van der Waals surface area contributed by atoms with Crippen LogP contribution in [-0.2, 0) is 0 Å². The van der Waals surface area contributed by atoms with Crippen LogP contribution < -0.4 is 0 Å². The van der Waals surface area contributed by atoms with E-state index in [9.17, 15) is 5.26 Å². The highest BCUT2D eigenvalue weighted by atomic mass is 16.3. The largest absolute Gasteiger partial charge is 0.455 e. The second kappa shape index (κ2) is 14.4. The second-order valence-corrected chi connectivity index (χ2v) is 16.0. The van der Waals surface area contributed by atoms with Gasteiger partial charge in [-0.2, -0.15) is 5.26 Å². The van der Waals surface area contributed by atoms with Crippen molar-refractivity contribution in [3.8, 4) is 56.8 Å². The van der Waals surface area contributed by atoms with Crippen LogP contribution in [0.3, 0.4) is 0 Å². The van der Waals surface area contributed by atoms with Crippen molar-refractivity contribution in [3.63, 3.8) is 0 Å². The van der Waals surface area contributed by atoms with E-state index in [1.165, 1.54) is 16.8 Å². The lowest BCUT2D eigenvalue weighted by Crippen LogP contribution is -2.13. The Bertz CT molecular complexity index is 3230. The van der Waals surface area contributed by atoms with Gasteiger partial charge in [-0.15, -0.1) is 0 Å². The fourth-order valence-electron chi connectivity index (χ4n) is 9.47. The third kappa shape index (κ3) is 5.67. The Balaban J connectivity index is 1.28. The molecule has 0 fully saturated rings. The summed E-state index contributed by atoms with van der Waals surface area (Å²) >= 11 is 0. The molecule has 3 aromatic heterocycles. The molecular formula is C55H40N4O. The molecule has 6 aromatic carbocycles. The van der Waals surface area contributed by atoms with Gasteiger partial charge < -0.3 is 8.98 Å². The van der Waals surface area contributed by atoms with Crippen LogP contribution in [0.4, 0.5) is 0 Å². The summed E-state index contributed by atoms with van der Waals surface area (Å²) in [5, 5.41) is 14.1. The second-order valence-electron chi connectivity index (χ2n) is 16.0. The molecule has 0 saturated heterocycles. The highest BCUT2D eigenvalue weighted by Gasteiger charge is 2.31. The van der Waals surface area contributed by atoms with E-state index in [-0.39, 0.29) is 11.8 Å². The molecular weight excluding hydrogens is 733 g/mol. The number of allylic oxidation sites excluding steroid dienone is 5. The molecule has 3 heterocycles. The van der Waals surface area contributed by atoms with Gasteiger partial charge in [-0.05, 0) is 60.2 Å². The zero-order valence-electron chi connectivity index (χ0n) is 33.4. The fraction of sp³-hybridized carbons (Fsp3) is 0.109. The Labute approximate surface area is 348 Å². The predicted octanol–water partition coefficient (Wildman–Crippen LogP) is 14.4. The Morgan fingerprint density at radius 2 is 1.28 bits per heavy atom. The quantitative estimate of drug-likeness (QED) is 0.169. The van der Waals surface area contributed by atoms with Gasteiger partial charge in [0.05, 0.1) is 28.0 Å². The maximum absolute atomic E-state index is 10.7. The summed E-state index contributed by atoms with van der Waals surface area (Å²) < 4.78 is 9.32. The number of nitriles is 1. The maximum atomic E-state index is 10.7. The van der Waals surface area contributed by atoms with Crippen LogP contribution in [0.5, 0.6) is 0 Å². The van der Waals surface area contributed by atoms with Crippen molar-refractivity contribution in [1.29, 1.82) is 5.26 Å². The van der Waals surface area contributed by atoms with Crippen LogP contribution >= 0.6 is 0 Å². The molecule has 2 aliphatic rings. The van der Waals surface area contributed by atoms with Crippen LogP contribution in [0.25, 0.3) is 95.2 Å². The highest BCUT2D eigenvalue weighted by Crippen LogP contribution is 2.49. The summed E-state index contributed by atoms with van der Waals surface area (Å²) in [6.07, 6.45) is 13.2. The molecule has 5 nitrogen and oxygen atoms in total.